The molecule has 9 heteroatoms. The Morgan fingerprint density at radius 2 is 1.73 bits per heavy atom. The summed E-state index contributed by atoms with van der Waals surface area (Å²) in [6.07, 6.45) is 0.654. The summed E-state index contributed by atoms with van der Waals surface area (Å²) in [6, 6.07) is 10.7. The highest BCUT2D eigenvalue weighted by Crippen LogP contribution is 2.41. The molecule has 2 aliphatic rings. The largest absolute Gasteiger partial charge is 0.507 e. The summed E-state index contributed by atoms with van der Waals surface area (Å²) in [5.74, 6) is -1.09. The zero-order valence-electron chi connectivity index (χ0n) is 21.5. The molecule has 0 aliphatic carbocycles. The van der Waals surface area contributed by atoms with Gasteiger partial charge in [-0.2, -0.15) is 0 Å². The summed E-state index contributed by atoms with van der Waals surface area (Å²) in [5, 5.41) is 21.8. The summed E-state index contributed by atoms with van der Waals surface area (Å²) in [4.78, 5) is 30.2. The van der Waals surface area contributed by atoms with Gasteiger partial charge in [0.25, 0.3) is 11.7 Å². The van der Waals surface area contributed by atoms with Crippen LogP contribution >= 0.6 is 0 Å². The number of phenols is 1. The predicted molar refractivity (Wildman–Crippen MR) is 138 cm³/mol. The summed E-state index contributed by atoms with van der Waals surface area (Å²) in [6.45, 7) is 7.98. The number of likely N-dealkylation sites (tertiary alicyclic amines) is 1. The maximum Gasteiger partial charge on any atom is 0.295 e. The minimum Gasteiger partial charge on any atom is -0.507 e. The number of carbonyl (C=O) groups excluding carboxylic acids is 2. The number of nitrogens with zero attached hydrogens (tertiary/aromatic N) is 2. The average Bonchev–Trinajstić information content (AvgIpc) is 3.14. The number of benzene rings is 2. The fraction of sp³-hybridized carbons (Fsp3) is 0.429. The second-order valence-electron chi connectivity index (χ2n) is 9.42. The molecule has 0 aromatic heterocycles. The Bertz CT molecular complexity index is 1150. The van der Waals surface area contributed by atoms with E-state index in [1.165, 1.54) is 24.1 Å². The fourth-order valence-corrected chi connectivity index (χ4v) is 4.73. The zero-order valence-corrected chi connectivity index (χ0v) is 21.5. The number of morpholine rings is 1. The molecule has 2 N–H and O–H groups in total. The van der Waals surface area contributed by atoms with Crippen molar-refractivity contribution in [3.8, 4) is 17.2 Å². The van der Waals surface area contributed by atoms with E-state index in [1.807, 2.05) is 13.8 Å². The third-order valence-corrected chi connectivity index (χ3v) is 6.54. The molecule has 2 fully saturated rings. The molecule has 37 heavy (non-hydrogen) atoms. The monoisotopic (exact) mass is 510 g/mol. The fourth-order valence-electron chi connectivity index (χ4n) is 4.73. The second kappa shape index (κ2) is 11.7. The summed E-state index contributed by atoms with van der Waals surface area (Å²) >= 11 is 0. The number of ketones is 1. The molecular weight excluding hydrogens is 476 g/mol. The van der Waals surface area contributed by atoms with Gasteiger partial charge < -0.3 is 29.3 Å². The molecule has 2 aliphatic heterocycles. The lowest BCUT2D eigenvalue weighted by atomic mass is 9.95. The van der Waals surface area contributed by atoms with Gasteiger partial charge in [-0.3, -0.25) is 14.5 Å². The molecule has 0 spiro atoms. The highest BCUT2D eigenvalue weighted by Gasteiger charge is 2.46. The van der Waals surface area contributed by atoms with E-state index in [1.54, 1.807) is 30.3 Å². The smallest absolute Gasteiger partial charge is 0.295 e. The normalized spacial score (nSPS) is 20.0. The number of hydrogen-bond acceptors (Lipinski definition) is 8. The molecule has 0 saturated carbocycles. The molecule has 9 nitrogen and oxygen atoms in total. The van der Waals surface area contributed by atoms with Gasteiger partial charge in [-0.25, -0.2) is 0 Å². The van der Waals surface area contributed by atoms with Crippen molar-refractivity contribution in [2.45, 2.75) is 32.4 Å². The van der Waals surface area contributed by atoms with Crippen molar-refractivity contribution in [2.24, 2.45) is 0 Å². The first-order valence-corrected chi connectivity index (χ1v) is 12.5. The van der Waals surface area contributed by atoms with Gasteiger partial charge in [-0.15, -0.1) is 0 Å². The highest BCUT2D eigenvalue weighted by molar-refractivity contribution is 6.46. The molecule has 2 aromatic rings. The van der Waals surface area contributed by atoms with Gasteiger partial charge >= 0.3 is 0 Å². The van der Waals surface area contributed by atoms with E-state index >= 15 is 0 Å². The van der Waals surface area contributed by atoms with E-state index in [2.05, 4.69) is 4.90 Å². The Morgan fingerprint density at radius 1 is 1.05 bits per heavy atom. The van der Waals surface area contributed by atoms with Crippen LogP contribution in [0, 0.1) is 0 Å². The predicted octanol–water partition coefficient (Wildman–Crippen LogP) is 3.33. The van der Waals surface area contributed by atoms with Crippen LogP contribution in [0.25, 0.3) is 5.76 Å². The minimum atomic E-state index is -0.806. The summed E-state index contributed by atoms with van der Waals surface area (Å²) in [5.41, 5.74) is 0.655. The van der Waals surface area contributed by atoms with E-state index in [-0.39, 0.29) is 23.0 Å². The number of aromatic hydroxyl groups is 1. The SMILES string of the molecule is COc1ccc(C(O)=C2C(=O)C(=O)N(CCCN3CCOCC3)[C@H]2c2ccc(OC(C)C)cc2)c(O)c1. The van der Waals surface area contributed by atoms with Gasteiger partial charge in [-0.1, -0.05) is 12.1 Å². The molecule has 0 unspecified atom stereocenters. The Hall–Kier alpha value is -3.56. The zero-order chi connectivity index (χ0) is 26.5. The molecular formula is C28H34N2O7. The van der Waals surface area contributed by atoms with Crippen molar-refractivity contribution < 1.29 is 34.0 Å². The first-order valence-electron chi connectivity index (χ1n) is 12.5. The van der Waals surface area contributed by atoms with Gasteiger partial charge in [0.2, 0.25) is 0 Å². The average molecular weight is 511 g/mol. The van der Waals surface area contributed by atoms with Crippen molar-refractivity contribution in [3.63, 3.8) is 0 Å². The Labute approximate surface area is 216 Å². The van der Waals surface area contributed by atoms with Gasteiger partial charge in [0.1, 0.15) is 23.0 Å². The number of aliphatic hydroxyl groups excluding tert-OH is 1. The van der Waals surface area contributed by atoms with Gasteiger partial charge in [0.05, 0.1) is 43.6 Å². The molecule has 1 atom stereocenters. The lowest BCUT2D eigenvalue weighted by molar-refractivity contribution is -0.140. The topological polar surface area (TPSA) is 109 Å². The van der Waals surface area contributed by atoms with Crippen LogP contribution in [-0.4, -0.2) is 84.3 Å². The van der Waals surface area contributed by atoms with Crippen molar-refractivity contribution in [2.75, 3.05) is 46.5 Å². The quantitative estimate of drug-likeness (QED) is 0.300. The molecule has 198 valence electrons. The van der Waals surface area contributed by atoms with Crippen molar-refractivity contribution in [1.82, 2.24) is 9.80 Å². The lowest BCUT2D eigenvalue weighted by Gasteiger charge is -2.29. The van der Waals surface area contributed by atoms with Gasteiger partial charge in [0, 0.05) is 32.2 Å². The second-order valence-corrected chi connectivity index (χ2v) is 9.42. The number of ether oxygens (including phenoxy) is 3. The van der Waals surface area contributed by atoms with Crippen LogP contribution in [0.15, 0.2) is 48.0 Å². The number of carbonyl (C=O) groups is 2. The van der Waals surface area contributed by atoms with Crippen LogP contribution in [0.5, 0.6) is 17.2 Å². The maximum absolute atomic E-state index is 13.3. The Balaban J connectivity index is 1.69. The molecule has 0 bridgehead atoms. The maximum atomic E-state index is 13.3. The molecule has 4 rings (SSSR count). The van der Waals surface area contributed by atoms with E-state index in [4.69, 9.17) is 14.2 Å². The number of methoxy groups -OCH3 is 1. The number of amides is 1. The van der Waals surface area contributed by atoms with Crippen LogP contribution in [-0.2, 0) is 14.3 Å². The van der Waals surface area contributed by atoms with E-state index in [0.717, 1.165) is 19.6 Å². The summed E-state index contributed by atoms with van der Waals surface area (Å²) < 4.78 is 16.3. The first-order chi connectivity index (χ1) is 17.8. The van der Waals surface area contributed by atoms with Crippen molar-refractivity contribution in [1.29, 1.82) is 0 Å². The third kappa shape index (κ3) is 5.89. The van der Waals surface area contributed by atoms with Gasteiger partial charge in [0.15, 0.2) is 0 Å². The number of rotatable bonds is 9. The van der Waals surface area contributed by atoms with Crippen LogP contribution in [0.1, 0.15) is 37.4 Å². The van der Waals surface area contributed by atoms with Crippen LogP contribution < -0.4 is 9.47 Å². The summed E-state index contributed by atoms with van der Waals surface area (Å²) in [7, 11) is 1.46. The third-order valence-electron chi connectivity index (χ3n) is 6.54. The van der Waals surface area contributed by atoms with E-state index in [9.17, 15) is 19.8 Å². The van der Waals surface area contributed by atoms with E-state index < -0.39 is 23.5 Å². The number of Topliss-reactive ketones (excluding diaryl/α,β-unsaturated/α-hetero) is 1. The molecule has 2 heterocycles. The molecule has 2 aromatic carbocycles. The van der Waals surface area contributed by atoms with Crippen LogP contribution in [0.3, 0.4) is 0 Å². The highest BCUT2D eigenvalue weighted by atomic mass is 16.5. The Morgan fingerprint density at radius 3 is 2.35 bits per heavy atom. The molecule has 2 saturated heterocycles. The molecule has 0 radical (unpaired) electrons. The Kier molecular flexibility index (Phi) is 8.35. The standard InChI is InChI=1S/C28H34N2O7/c1-18(2)37-20-7-5-19(6-8-20)25-24(26(32)22-10-9-21(35-3)17-23(22)31)27(33)28(34)30(25)12-4-11-29-13-15-36-16-14-29/h5-10,17-18,25,31-32H,4,11-16H2,1-3H3/t25-/m0/s1. The minimum absolute atomic E-state index is 0.00489. The van der Waals surface area contributed by atoms with E-state index in [0.29, 0.717) is 43.2 Å². The number of aliphatic hydroxyl groups is 1. The lowest BCUT2D eigenvalue weighted by Crippen LogP contribution is -2.38. The van der Waals surface area contributed by atoms with Gasteiger partial charge in [-0.05, 0) is 50.1 Å². The van der Waals surface area contributed by atoms with Crippen molar-refractivity contribution >= 4 is 17.4 Å². The van der Waals surface area contributed by atoms with Crippen LogP contribution in [0.2, 0.25) is 0 Å². The van der Waals surface area contributed by atoms with Crippen LogP contribution in [0.4, 0.5) is 0 Å². The number of phenolic OH excluding ortho intramolecular Hbond substituents is 1. The molecule has 1 amide bonds. The first kappa shape index (κ1) is 26.5. The van der Waals surface area contributed by atoms with Crippen molar-refractivity contribution in [3.05, 3.63) is 59.2 Å². The number of hydrogen-bond donors (Lipinski definition) is 2.